The molecule has 1 atom stereocenters. The quantitative estimate of drug-likeness (QED) is 0.388. The van der Waals surface area contributed by atoms with Gasteiger partial charge in [-0.15, -0.1) is 0 Å². The van der Waals surface area contributed by atoms with Crippen molar-refractivity contribution in [3.8, 4) is 5.75 Å². The third kappa shape index (κ3) is 4.82. The summed E-state index contributed by atoms with van der Waals surface area (Å²) in [5, 5.41) is 5.63. The van der Waals surface area contributed by atoms with Gasteiger partial charge in [0, 0.05) is 10.9 Å². The smallest absolute Gasteiger partial charge is 0.282 e. The SMILES string of the molecule is CCc1nc2ccc(Br)cc2c(=O)n1N=Cc1cc(Cl)c(O[C@H](C)CC)c(Cl)c1. The number of hydrogen-bond acceptors (Lipinski definition) is 4. The summed E-state index contributed by atoms with van der Waals surface area (Å²) in [7, 11) is 0. The van der Waals surface area contributed by atoms with Gasteiger partial charge < -0.3 is 4.74 Å². The normalized spacial score (nSPS) is 12.6. The second kappa shape index (κ2) is 9.28. The molecule has 0 saturated heterocycles. The molecule has 0 radical (unpaired) electrons. The summed E-state index contributed by atoms with van der Waals surface area (Å²) >= 11 is 16.1. The predicted molar refractivity (Wildman–Crippen MR) is 123 cm³/mol. The highest BCUT2D eigenvalue weighted by Gasteiger charge is 2.13. The van der Waals surface area contributed by atoms with Gasteiger partial charge >= 0.3 is 0 Å². The van der Waals surface area contributed by atoms with Gasteiger partial charge in [0.25, 0.3) is 5.56 Å². The predicted octanol–water partition coefficient (Wildman–Crippen LogP) is 6.09. The summed E-state index contributed by atoms with van der Waals surface area (Å²) in [6.45, 7) is 5.89. The number of fused-ring (bicyclic) bond motifs is 1. The van der Waals surface area contributed by atoms with Gasteiger partial charge in [-0.3, -0.25) is 4.79 Å². The van der Waals surface area contributed by atoms with E-state index in [-0.39, 0.29) is 11.7 Å². The van der Waals surface area contributed by atoms with Crippen LogP contribution in [-0.2, 0) is 6.42 Å². The lowest BCUT2D eigenvalue weighted by Crippen LogP contribution is -2.22. The molecule has 0 fully saturated rings. The highest BCUT2D eigenvalue weighted by Crippen LogP contribution is 2.34. The Morgan fingerprint density at radius 2 is 1.93 bits per heavy atom. The molecule has 3 aromatic rings. The summed E-state index contributed by atoms with van der Waals surface area (Å²) in [5.74, 6) is 1.01. The fourth-order valence-corrected chi connectivity index (χ4v) is 3.67. The van der Waals surface area contributed by atoms with Crippen LogP contribution in [0.15, 0.2) is 44.7 Å². The Bertz CT molecular complexity index is 1120. The molecule has 1 aromatic heterocycles. The molecule has 0 unspecified atom stereocenters. The van der Waals surface area contributed by atoms with Gasteiger partial charge in [0.1, 0.15) is 5.82 Å². The highest BCUT2D eigenvalue weighted by molar-refractivity contribution is 9.10. The van der Waals surface area contributed by atoms with E-state index in [4.69, 9.17) is 27.9 Å². The van der Waals surface area contributed by atoms with Crippen LogP contribution >= 0.6 is 39.1 Å². The molecule has 3 rings (SSSR count). The molecule has 0 bridgehead atoms. The summed E-state index contributed by atoms with van der Waals surface area (Å²) in [4.78, 5) is 17.5. The lowest BCUT2D eigenvalue weighted by molar-refractivity contribution is 0.218. The van der Waals surface area contributed by atoms with Crippen molar-refractivity contribution in [2.75, 3.05) is 0 Å². The van der Waals surface area contributed by atoms with Crippen molar-refractivity contribution in [2.45, 2.75) is 39.7 Å². The number of ether oxygens (including phenoxy) is 1. The van der Waals surface area contributed by atoms with Crippen molar-refractivity contribution in [1.82, 2.24) is 9.66 Å². The van der Waals surface area contributed by atoms with Crippen LogP contribution in [0.4, 0.5) is 0 Å². The van der Waals surface area contributed by atoms with Gasteiger partial charge in [-0.1, -0.05) is 53.0 Å². The maximum absolute atomic E-state index is 12.9. The van der Waals surface area contributed by atoms with E-state index < -0.39 is 0 Å². The molecule has 0 saturated carbocycles. The zero-order chi connectivity index (χ0) is 21.1. The minimum atomic E-state index is -0.238. The summed E-state index contributed by atoms with van der Waals surface area (Å²) < 4.78 is 7.89. The average Bonchev–Trinajstić information content (AvgIpc) is 2.70. The molecule has 0 aliphatic rings. The first-order valence-corrected chi connectivity index (χ1v) is 10.8. The van der Waals surface area contributed by atoms with E-state index in [1.807, 2.05) is 32.9 Å². The molecule has 8 heteroatoms. The zero-order valence-electron chi connectivity index (χ0n) is 16.2. The van der Waals surface area contributed by atoms with Gasteiger partial charge in [0.15, 0.2) is 5.75 Å². The van der Waals surface area contributed by atoms with E-state index in [1.165, 1.54) is 10.9 Å². The maximum atomic E-state index is 12.9. The number of benzene rings is 2. The second-order valence-corrected chi connectivity index (χ2v) is 8.29. The van der Waals surface area contributed by atoms with E-state index >= 15 is 0 Å². The molecule has 1 heterocycles. The van der Waals surface area contributed by atoms with Crippen molar-refractivity contribution in [2.24, 2.45) is 5.10 Å². The molecule has 152 valence electrons. The molecule has 0 spiro atoms. The third-order valence-electron chi connectivity index (χ3n) is 4.43. The van der Waals surface area contributed by atoms with Crippen molar-refractivity contribution in [3.05, 3.63) is 66.6 Å². The fraction of sp³-hybridized carbons (Fsp3) is 0.286. The number of aromatic nitrogens is 2. The van der Waals surface area contributed by atoms with Gasteiger partial charge in [0.2, 0.25) is 0 Å². The molecule has 0 aliphatic heterocycles. The van der Waals surface area contributed by atoms with Gasteiger partial charge in [-0.25, -0.2) is 4.98 Å². The largest absolute Gasteiger partial charge is 0.488 e. The van der Waals surface area contributed by atoms with Crippen LogP contribution in [0.25, 0.3) is 10.9 Å². The van der Waals surface area contributed by atoms with E-state index in [2.05, 4.69) is 26.0 Å². The molecule has 5 nitrogen and oxygen atoms in total. The maximum Gasteiger partial charge on any atom is 0.282 e. The Kier molecular flexibility index (Phi) is 6.98. The van der Waals surface area contributed by atoms with Crippen LogP contribution in [0.3, 0.4) is 0 Å². The lowest BCUT2D eigenvalue weighted by Gasteiger charge is -2.15. The van der Waals surface area contributed by atoms with Gasteiger partial charge in [0.05, 0.1) is 33.3 Å². The van der Waals surface area contributed by atoms with Crippen molar-refractivity contribution < 1.29 is 4.74 Å². The summed E-state index contributed by atoms with van der Waals surface area (Å²) in [5.41, 5.74) is 1.05. The van der Waals surface area contributed by atoms with Crippen LogP contribution in [0, 0.1) is 0 Å². The molecular formula is C21H20BrCl2N3O2. The minimum Gasteiger partial charge on any atom is -0.488 e. The monoisotopic (exact) mass is 495 g/mol. The first-order chi connectivity index (χ1) is 13.8. The number of nitrogens with zero attached hydrogens (tertiary/aromatic N) is 3. The second-order valence-electron chi connectivity index (χ2n) is 6.55. The molecule has 0 amide bonds. The van der Waals surface area contributed by atoms with Crippen LogP contribution in [0.2, 0.25) is 10.0 Å². The zero-order valence-corrected chi connectivity index (χ0v) is 19.3. The van der Waals surface area contributed by atoms with Crippen molar-refractivity contribution >= 4 is 56.2 Å². The minimum absolute atomic E-state index is 0.00166. The van der Waals surface area contributed by atoms with Crippen LogP contribution < -0.4 is 10.3 Å². The first-order valence-electron chi connectivity index (χ1n) is 9.25. The van der Waals surface area contributed by atoms with E-state index in [9.17, 15) is 4.79 Å². The van der Waals surface area contributed by atoms with E-state index in [0.717, 1.165) is 10.9 Å². The van der Waals surface area contributed by atoms with Gasteiger partial charge in [-0.05, 0) is 49.2 Å². The Hall–Kier alpha value is -1.89. The standard InChI is InChI=1S/C21H20BrCl2N3O2/c1-4-12(3)29-20-16(23)8-13(9-17(20)24)11-25-27-19(5-2)26-18-7-6-14(22)10-15(18)21(27)28/h6-12H,4-5H2,1-3H3/t12-/m1/s1. The number of rotatable bonds is 6. The van der Waals surface area contributed by atoms with Crippen molar-refractivity contribution in [1.29, 1.82) is 0 Å². The summed E-state index contributed by atoms with van der Waals surface area (Å²) in [6, 6.07) is 8.82. The number of halogens is 3. The molecule has 29 heavy (non-hydrogen) atoms. The van der Waals surface area contributed by atoms with Crippen molar-refractivity contribution in [3.63, 3.8) is 0 Å². The van der Waals surface area contributed by atoms with E-state index in [0.29, 0.717) is 44.5 Å². The highest BCUT2D eigenvalue weighted by atomic mass is 79.9. The van der Waals surface area contributed by atoms with Crippen LogP contribution in [-0.4, -0.2) is 22.0 Å². The average molecular weight is 497 g/mol. The topological polar surface area (TPSA) is 56.5 Å². The van der Waals surface area contributed by atoms with Gasteiger partial charge in [-0.2, -0.15) is 9.78 Å². The lowest BCUT2D eigenvalue weighted by atomic mass is 10.2. The Balaban J connectivity index is 2.02. The van der Waals surface area contributed by atoms with Crippen LogP contribution in [0.1, 0.15) is 38.6 Å². The molecule has 0 N–H and O–H groups in total. The number of hydrogen-bond donors (Lipinski definition) is 0. The fourth-order valence-electron chi connectivity index (χ4n) is 2.72. The number of aryl methyl sites for hydroxylation is 1. The Morgan fingerprint density at radius 1 is 1.24 bits per heavy atom. The third-order valence-corrected chi connectivity index (χ3v) is 5.48. The summed E-state index contributed by atoms with van der Waals surface area (Å²) in [6.07, 6.45) is 2.93. The van der Waals surface area contributed by atoms with E-state index in [1.54, 1.807) is 18.2 Å². The first kappa shape index (κ1) is 21.8. The molecular weight excluding hydrogens is 477 g/mol. The van der Waals surface area contributed by atoms with Crippen LogP contribution in [0.5, 0.6) is 5.75 Å². The molecule has 2 aromatic carbocycles. The Labute approximate surface area is 187 Å². The Morgan fingerprint density at radius 3 is 2.55 bits per heavy atom. The molecule has 0 aliphatic carbocycles.